The van der Waals surface area contributed by atoms with Crippen molar-refractivity contribution >= 4 is 17.5 Å². The number of amides is 1. The van der Waals surface area contributed by atoms with Gasteiger partial charge in [-0.3, -0.25) is 9.89 Å². The summed E-state index contributed by atoms with van der Waals surface area (Å²) in [5, 5.41) is 11.9. The van der Waals surface area contributed by atoms with Crippen LogP contribution in [0.4, 0.5) is 11.6 Å². The van der Waals surface area contributed by atoms with E-state index in [4.69, 9.17) is 0 Å². The Morgan fingerprint density at radius 3 is 2.65 bits per heavy atom. The lowest BCUT2D eigenvalue weighted by Gasteiger charge is -2.14. The number of H-pyrrole nitrogens is 1. The Balaban J connectivity index is 0.000000136. The van der Waals surface area contributed by atoms with Gasteiger partial charge >= 0.3 is 0 Å². The zero-order valence-electron chi connectivity index (χ0n) is 12.3. The topological polar surface area (TPSA) is 121 Å². The largest absolute Gasteiger partial charge is 0.358 e. The first-order chi connectivity index (χ1) is 11.2. The molecule has 4 rings (SSSR count). The second kappa shape index (κ2) is 6.60. The molecule has 9 nitrogen and oxygen atoms in total. The number of nitrogens with zero attached hydrogens (tertiary/aromatic N) is 5. The number of aromatic amines is 1. The number of anilines is 2. The highest BCUT2D eigenvalue weighted by Gasteiger charge is 2.14. The molecule has 1 amide bonds. The summed E-state index contributed by atoms with van der Waals surface area (Å²) >= 11 is 0. The summed E-state index contributed by atoms with van der Waals surface area (Å²) in [4.78, 5) is 26.9. The van der Waals surface area contributed by atoms with Gasteiger partial charge in [0, 0.05) is 18.1 Å². The van der Waals surface area contributed by atoms with Crippen LogP contribution in [0.2, 0.25) is 0 Å². The average molecular weight is 310 g/mol. The van der Waals surface area contributed by atoms with E-state index < -0.39 is 0 Å². The van der Waals surface area contributed by atoms with E-state index in [1.807, 2.05) is 25.1 Å². The van der Waals surface area contributed by atoms with E-state index in [0.717, 1.165) is 11.4 Å². The van der Waals surface area contributed by atoms with E-state index >= 15 is 0 Å². The highest BCUT2D eigenvalue weighted by Crippen LogP contribution is 2.16. The van der Waals surface area contributed by atoms with Crippen LogP contribution < -0.4 is 10.6 Å². The van der Waals surface area contributed by atoms with Crippen LogP contribution >= 0.6 is 0 Å². The molecule has 0 fully saturated rings. The molecule has 0 bridgehead atoms. The van der Waals surface area contributed by atoms with Crippen LogP contribution in [0.25, 0.3) is 11.5 Å². The molecule has 0 saturated heterocycles. The number of carbonyl (C=O) groups is 1. The van der Waals surface area contributed by atoms with Crippen LogP contribution in [-0.2, 0) is 4.79 Å². The van der Waals surface area contributed by atoms with E-state index in [0.29, 0.717) is 17.5 Å². The van der Waals surface area contributed by atoms with Crippen LogP contribution in [-0.4, -0.2) is 42.6 Å². The second-order valence-electron chi connectivity index (χ2n) is 4.65. The lowest BCUT2D eigenvalue weighted by Crippen LogP contribution is -2.28. The Morgan fingerprint density at radius 1 is 1.09 bits per heavy atom. The van der Waals surface area contributed by atoms with Gasteiger partial charge in [-0.05, 0) is 19.1 Å². The van der Waals surface area contributed by atoms with Crippen molar-refractivity contribution in [3.05, 3.63) is 42.6 Å². The highest BCUT2D eigenvalue weighted by molar-refractivity contribution is 5.98. The summed E-state index contributed by atoms with van der Waals surface area (Å²) in [5.74, 6) is 1.76. The Kier molecular flexibility index (Phi) is 4.18. The van der Waals surface area contributed by atoms with E-state index in [-0.39, 0.29) is 12.5 Å². The van der Waals surface area contributed by atoms with Gasteiger partial charge in [-0.2, -0.15) is 5.10 Å². The van der Waals surface area contributed by atoms with Gasteiger partial charge in [-0.1, -0.05) is 6.07 Å². The van der Waals surface area contributed by atoms with Crippen LogP contribution in [0.5, 0.6) is 0 Å². The molecule has 4 heterocycles. The predicted molar refractivity (Wildman–Crippen MR) is 83.5 cm³/mol. The number of aromatic nitrogens is 6. The zero-order valence-corrected chi connectivity index (χ0v) is 12.3. The molecular weight excluding hydrogens is 296 g/mol. The van der Waals surface area contributed by atoms with Gasteiger partial charge in [0.25, 0.3) is 0 Å². The van der Waals surface area contributed by atoms with E-state index in [1.165, 1.54) is 12.5 Å². The van der Waals surface area contributed by atoms with Gasteiger partial charge in [-0.15, -0.1) is 0 Å². The number of hydrogen-bond acceptors (Lipinski definition) is 7. The SMILES string of the molecule is Cc1cccc(-c2ncn[nH]2)n1.O=C1CNc2nccnc2N1. The van der Waals surface area contributed by atoms with Crippen molar-refractivity contribution in [2.75, 3.05) is 17.2 Å². The van der Waals surface area contributed by atoms with Crippen molar-refractivity contribution in [2.45, 2.75) is 6.92 Å². The van der Waals surface area contributed by atoms with Crippen molar-refractivity contribution < 1.29 is 4.79 Å². The maximum absolute atomic E-state index is 10.8. The molecule has 9 heteroatoms. The first-order valence-corrected chi connectivity index (χ1v) is 6.86. The van der Waals surface area contributed by atoms with Crippen molar-refractivity contribution in [2.24, 2.45) is 0 Å². The number of nitrogens with one attached hydrogen (secondary N) is 3. The normalized spacial score (nSPS) is 12.3. The molecular formula is C14H14N8O. The average Bonchev–Trinajstić information content (AvgIpc) is 3.10. The van der Waals surface area contributed by atoms with Crippen LogP contribution in [0.1, 0.15) is 5.69 Å². The maximum Gasteiger partial charge on any atom is 0.244 e. The lowest BCUT2D eigenvalue weighted by atomic mass is 10.3. The Labute approximate surface area is 131 Å². The standard InChI is InChI=1S/C8H8N4.C6H6N4O/c1-6-3-2-4-7(11-6)8-9-5-10-12-8;11-4-3-9-5-6(10-4)8-2-1-7-5/h2-5H,1H3,(H,9,10,12);1-2H,3H2,(H,7,9)(H,8,10,11). The molecule has 0 aromatic carbocycles. The monoisotopic (exact) mass is 310 g/mol. The minimum Gasteiger partial charge on any atom is -0.358 e. The van der Waals surface area contributed by atoms with E-state index in [1.54, 1.807) is 6.20 Å². The summed E-state index contributed by atoms with van der Waals surface area (Å²) in [6.45, 7) is 2.21. The van der Waals surface area contributed by atoms with Crippen molar-refractivity contribution in [1.82, 2.24) is 30.1 Å². The van der Waals surface area contributed by atoms with Gasteiger partial charge in [0.2, 0.25) is 5.91 Å². The number of aryl methyl sites for hydroxylation is 1. The first kappa shape index (κ1) is 14.6. The summed E-state index contributed by atoms with van der Waals surface area (Å²) < 4.78 is 0. The maximum atomic E-state index is 10.8. The van der Waals surface area contributed by atoms with Gasteiger partial charge in [0.1, 0.15) is 12.0 Å². The molecule has 0 spiro atoms. The number of hydrogen-bond donors (Lipinski definition) is 3. The third-order valence-electron chi connectivity index (χ3n) is 2.92. The quantitative estimate of drug-likeness (QED) is 0.613. The fourth-order valence-electron chi connectivity index (χ4n) is 1.90. The molecule has 23 heavy (non-hydrogen) atoms. The smallest absolute Gasteiger partial charge is 0.244 e. The van der Waals surface area contributed by atoms with Gasteiger partial charge in [0.05, 0.1) is 6.54 Å². The predicted octanol–water partition coefficient (Wildman–Crippen LogP) is 1.02. The summed E-state index contributed by atoms with van der Waals surface area (Å²) in [7, 11) is 0. The van der Waals surface area contributed by atoms with Crippen molar-refractivity contribution in [3.63, 3.8) is 0 Å². The Hall–Kier alpha value is -3.36. The number of fused-ring (bicyclic) bond motifs is 1. The van der Waals surface area contributed by atoms with Crippen molar-refractivity contribution in [3.8, 4) is 11.5 Å². The number of rotatable bonds is 1. The first-order valence-electron chi connectivity index (χ1n) is 6.86. The molecule has 1 aliphatic rings. The second-order valence-corrected chi connectivity index (χ2v) is 4.65. The number of carbonyl (C=O) groups excluding carboxylic acids is 1. The summed E-state index contributed by atoms with van der Waals surface area (Å²) in [6.07, 6.45) is 4.58. The highest BCUT2D eigenvalue weighted by atomic mass is 16.2. The van der Waals surface area contributed by atoms with Crippen molar-refractivity contribution in [1.29, 1.82) is 0 Å². The summed E-state index contributed by atoms with van der Waals surface area (Å²) in [5.41, 5.74) is 1.80. The van der Waals surface area contributed by atoms with Crippen LogP contribution in [0, 0.1) is 6.92 Å². The fraction of sp³-hybridized carbons (Fsp3) is 0.143. The molecule has 3 aromatic heterocycles. The van der Waals surface area contributed by atoms with Gasteiger partial charge < -0.3 is 10.6 Å². The Morgan fingerprint density at radius 2 is 1.91 bits per heavy atom. The van der Waals surface area contributed by atoms with Gasteiger partial charge in [0.15, 0.2) is 17.5 Å². The van der Waals surface area contributed by atoms with Crippen LogP contribution in [0.3, 0.4) is 0 Å². The molecule has 0 radical (unpaired) electrons. The third-order valence-corrected chi connectivity index (χ3v) is 2.92. The van der Waals surface area contributed by atoms with Gasteiger partial charge in [-0.25, -0.2) is 19.9 Å². The minimum absolute atomic E-state index is 0.0852. The molecule has 0 unspecified atom stereocenters. The number of pyridine rings is 1. The minimum atomic E-state index is -0.0852. The lowest BCUT2D eigenvalue weighted by molar-refractivity contribution is -0.114. The van der Waals surface area contributed by atoms with E-state index in [2.05, 4.69) is 40.8 Å². The van der Waals surface area contributed by atoms with E-state index in [9.17, 15) is 4.79 Å². The molecule has 3 N–H and O–H groups in total. The zero-order chi connectivity index (χ0) is 16.1. The summed E-state index contributed by atoms with van der Waals surface area (Å²) in [6, 6.07) is 5.79. The fourth-order valence-corrected chi connectivity index (χ4v) is 1.90. The Bertz CT molecular complexity index is 802. The van der Waals surface area contributed by atoms with Crippen LogP contribution in [0.15, 0.2) is 36.9 Å². The molecule has 1 aliphatic heterocycles. The molecule has 0 atom stereocenters. The molecule has 116 valence electrons. The third kappa shape index (κ3) is 3.64. The molecule has 3 aromatic rings. The molecule has 0 saturated carbocycles. The molecule has 0 aliphatic carbocycles.